The second-order valence-electron chi connectivity index (χ2n) is 9.01. The van der Waals surface area contributed by atoms with Crippen LogP contribution in [0, 0.1) is 0 Å². The van der Waals surface area contributed by atoms with Crippen LogP contribution in [0.1, 0.15) is 38.4 Å². The van der Waals surface area contributed by atoms with Crippen molar-refractivity contribution in [3.63, 3.8) is 0 Å². The molecule has 4 aromatic rings. The number of benzene rings is 1. The molecule has 0 spiro atoms. The van der Waals surface area contributed by atoms with Crippen LogP contribution in [0.25, 0.3) is 22.6 Å². The van der Waals surface area contributed by atoms with Crippen LogP contribution >= 0.6 is 11.6 Å². The molecule has 4 heterocycles. The topological polar surface area (TPSA) is 115 Å². The molecule has 0 radical (unpaired) electrons. The molecule has 3 aromatic heterocycles. The molecular weight excluding hydrogens is 478 g/mol. The van der Waals surface area contributed by atoms with E-state index in [0.717, 1.165) is 24.1 Å². The van der Waals surface area contributed by atoms with Crippen molar-refractivity contribution in [3.05, 3.63) is 59.9 Å². The Morgan fingerprint density at radius 3 is 2.67 bits per heavy atom. The highest BCUT2D eigenvalue weighted by molar-refractivity contribution is 6.31. The summed E-state index contributed by atoms with van der Waals surface area (Å²) in [5.41, 5.74) is 3.59. The predicted molar refractivity (Wildman–Crippen MR) is 137 cm³/mol. The molecule has 5 rings (SSSR count). The fraction of sp³-hybridized carbons (Fsp3) is 0.320. The smallest absolute Gasteiger partial charge is 0.219 e. The lowest BCUT2D eigenvalue weighted by atomic mass is 9.92. The molecule has 36 heavy (non-hydrogen) atoms. The van der Waals surface area contributed by atoms with Crippen molar-refractivity contribution in [2.24, 2.45) is 7.05 Å². The Labute approximate surface area is 213 Å². The Morgan fingerprint density at radius 1 is 1.08 bits per heavy atom. The number of halogens is 1. The van der Waals surface area contributed by atoms with Crippen molar-refractivity contribution < 1.29 is 4.79 Å². The summed E-state index contributed by atoms with van der Waals surface area (Å²) >= 11 is 6.43. The molecule has 0 unspecified atom stereocenters. The van der Waals surface area contributed by atoms with E-state index in [9.17, 15) is 4.79 Å². The van der Waals surface area contributed by atoms with E-state index in [1.807, 2.05) is 42.4 Å². The molecule has 10 nitrogen and oxygen atoms in total. The Morgan fingerprint density at radius 2 is 1.94 bits per heavy atom. The van der Waals surface area contributed by atoms with Gasteiger partial charge in [0.05, 0.1) is 18.1 Å². The van der Waals surface area contributed by atoms with Crippen LogP contribution in [0.2, 0.25) is 5.02 Å². The van der Waals surface area contributed by atoms with Gasteiger partial charge in [0.1, 0.15) is 23.0 Å². The molecule has 1 aromatic carbocycles. The fourth-order valence-corrected chi connectivity index (χ4v) is 4.70. The Kier molecular flexibility index (Phi) is 6.60. The molecule has 1 aliphatic heterocycles. The summed E-state index contributed by atoms with van der Waals surface area (Å²) in [5.74, 6) is 1.33. The third-order valence-corrected chi connectivity index (χ3v) is 6.51. The van der Waals surface area contributed by atoms with Crippen LogP contribution in [0.15, 0.2) is 49.1 Å². The maximum Gasteiger partial charge on any atom is 0.219 e. The van der Waals surface area contributed by atoms with E-state index in [1.54, 1.807) is 30.2 Å². The van der Waals surface area contributed by atoms with E-state index in [1.165, 1.54) is 0 Å². The number of rotatable bonds is 5. The van der Waals surface area contributed by atoms with E-state index in [4.69, 9.17) is 21.6 Å². The summed E-state index contributed by atoms with van der Waals surface area (Å²) in [7, 11) is 1.82. The van der Waals surface area contributed by atoms with Crippen LogP contribution in [-0.4, -0.2) is 58.3 Å². The highest BCUT2D eigenvalue weighted by atomic mass is 35.5. The first-order valence-electron chi connectivity index (χ1n) is 11.7. The summed E-state index contributed by atoms with van der Waals surface area (Å²) in [4.78, 5) is 32.4. The number of carbonyl (C=O) groups excluding carboxylic acids is 1. The number of nitrogens with zero attached hydrogens (tertiary/aromatic N) is 8. The van der Waals surface area contributed by atoms with E-state index < -0.39 is 0 Å². The summed E-state index contributed by atoms with van der Waals surface area (Å²) in [6, 6.07) is 7.65. The van der Waals surface area contributed by atoms with Gasteiger partial charge < -0.3 is 10.2 Å². The molecule has 1 saturated heterocycles. The fourth-order valence-electron chi connectivity index (χ4n) is 4.47. The van der Waals surface area contributed by atoms with Gasteiger partial charge in [0.2, 0.25) is 5.91 Å². The van der Waals surface area contributed by atoms with Crippen LogP contribution in [-0.2, 0) is 11.8 Å². The first kappa shape index (κ1) is 23.8. The first-order valence-corrected chi connectivity index (χ1v) is 12.1. The van der Waals surface area contributed by atoms with Crippen molar-refractivity contribution in [2.45, 2.75) is 38.6 Å². The van der Waals surface area contributed by atoms with Gasteiger partial charge in [-0.2, -0.15) is 0 Å². The van der Waals surface area contributed by atoms with Gasteiger partial charge in [0.15, 0.2) is 0 Å². The second kappa shape index (κ2) is 9.98. The minimum atomic E-state index is 0.0109. The number of carbonyl (C=O) groups is 1. The van der Waals surface area contributed by atoms with Gasteiger partial charge in [-0.15, -0.1) is 5.10 Å². The van der Waals surface area contributed by atoms with Crippen LogP contribution in [0.5, 0.6) is 0 Å². The summed E-state index contributed by atoms with van der Waals surface area (Å²) in [6.07, 6.45) is 8.54. The largest absolute Gasteiger partial charge is 0.340 e. The van der Waals surface area contributed by atoms with E-state index in [-0.39, 0.29) is 17.9 Å². The van der Waals surface area contributed by atoms with Gasteiger partial charge in [-0.05, 0) is 38.0 Å². The number of aryl methyl sites for hydroxylation is 1. The standard InChI is InChI=1S/C25H26ClN9O/c1-15-4-5-17(13-35(15)16(2)36)25-30-21(22-12-27-6-7-28-22)11-24(31-25)29-20-9-18(8-19(26)10-20)23-14-34(3)33-32-23/h6-12,14-15,17H,4-5,13H2,1-3H3,(H,29,30,31)/t15-,17+/m0/s1. The summed E-state index contributed by atoms with van der Waals surface area (Å²) in [6.45, 7) is 4.26. The Bertz CT molecular complexity index is 1390. The molecule has 0 saturated carbocycles. The Hall–Kier alpha value is -3.92. The van der Waals surface area contributed by atoms with Gasteiger partial charge in [-0.25, -0.2) is 9.97 Å². The number of hydrogen-bond donors (Lipinski definition) is 1. The Balaban J connectivity index is 1.52. The van der Waals surface area contributed by atoms with Gasteiger partial charge >= 0.3 is 0 Å². The van der Waals surface area contributed by atoms with Crippen molar-refractivity contribution in [1.29, 1.82) is 0 Å². The summed E-state index contributed by atoms with van der Waals surface area (Å²) in [5, 5.41) is 12.1. The normalized spacial score (nSPS) is 17.7. The minimum absolute atomic E-state index is 0.0109. The van der Waals surface area contributed by atoms with Crippen LogP contribution in [0.4, 0.5) is 11.5 Å². The SMILES string of the molecule is CC(=O)N1C[C@H](c2nc(Nc3cc(Cl)cc(-c4cn(C)nn4)c3)cc(-c3cnccn3)n2)CC[C@@H]1C. The zero-order valence-corrected chi connectivity index (χ0v) is 21.0. The second-order valence-corrected chi connectivity index (χ2v) is 9.45. The van der Waals surface area contributed by atoms with E-state index in [0.29, 0.717) is 40.3 Å². The van der Waals surface area contributed by atoms with Gasteiger partial charge in [0.25, 0.3) is 0 Å². The maximum atomic E-state index is 12.2. The zero-order chi connectivity index (χ0) is 25.2. The van der Waals surface area contributed by atoms with Gasteiger partial charge in [-0.3, -0.25) is 19.4 Å². The minimum Gasteiger partial charge on any atom is -0.340 e. The molecular formula is C25H26ClN9O. The van der Waals surface area contributed by atoms with Crippen molar-refractivity contribution >= 4 is 29.0 Å². The predicted octanol–water partition coefficient (Wildman–Crippen LogP) is 4.24. The monoisotopic (exact) mass is 503 g/mol. The van der Waals surface area contributed by atoms with Crippen molar-refractivity contribution in [2.75, 3.05) is 11.9 Å². The van der Waals surface area contributed by atoms with Crippen LogP contribution < -0.4 is 5.32 Å². The zero-order valence-electron chi connectivity index (χ0n) is 20.3. The highest BCUT2D eigenvalue weighted by Gasteiger charge is 2.30. The van der Waals surface area contributed by atoms with E-state index >= 15 is 0 Å². The number of likely N-dealkylation sites (tertiary alicyclic amines) is 1. The molecule has 1 aliphatic rings. The number of nitrogens with one attached hydrogen (secondary N) is 1. The lowest BCUT2D eigenvalue weighted by molar-refractivity contribution is -0.132. The number of amides is 1. The summed E-state index contributed by atoms with van der Waals surface area (Å²) < 4.78 is 1.64. The van der Waals surface area contributed by atoms with Crippen molar-refractivity contribution in [3.8, 4) is 22.6 Å². The van der Waals surface area contributed by atoms with Gasteiger partial charge in [0, 0.05) is 67.2 Å². The number of anilines is 2. The highest BCUT2D eigenvalue weighted by Crippen LogP contribution is 2.32. The third kappa shape index (κ3) is 5.18. The lowest BCUT2D eigenvalue weighted by Crippen LogP contribution is -2.44. The lowest BCUT2D eigenvalue weighted by Gasteiger charge is -2.37. The van der Waals surface area contributed by atoms with E-state index in [2.05, 4.69) is 32.5 Å². The average molecular weight is 504 g/mol. The van der Waals surface area contributed by atoms with Crippen LogP contribution in [0.3, 0.4) is 0 Å². The first-order chi connectivity index (χ1) is 17.4. The maximum absolute atomic E-state index is 12.2. The number of hydrogen-bond acceptors (Lipinski definition) is 8. The average Bonchev–Trinajstić information content (AvgIpc) is 3.30. The molecule has 0 bridgehead atoms. The third-order valence-electron chi connectivity index (χ3n) is 6.29. The molecule has 1 amide bonds. The molecule has 184 valence electrons. The van der Waals surface area contributed by atoms with Crippen molar-refractivity contribution in [1.82, 2.24) is 39.8 Å². The van der Waals surface area contributed by atoms with Gasteiger partial charge in [-0.1, -0.05) is 16.8 Å². The molecule has 11 heteroatoms. The molecule has 0 aliphatic carbocycles. The number of aromatic nitrogens is 7. The molecule has 2 atom stereocenters. The molecule has 1 fully saturated rings. The molecule has 1 N–H and O–H groups in total. The number of piperidine rings is 1. The quantitative estimate of drug-likeness (QED) is 0.430.